The maximum Gasteiger partial charge on any atom is 0.276 e. The van der Waals surface area contributed by atoms with E-state index in [0.717, 1.165) is 24.5 Å². The van der Waals surface area contributed by atoms with Crippen molar-refractivity contribution in [2.24, 2.45) is 0 Å². The van der Waals surface area contributed by atoms with E-state index in [4.69, 9.17) is 0 Å². The van der Waals surface area contributed by atoms with Crippen molar-refractivity contribution >= 4 is 17.3 Å². The van der Waals surface area contributed by atoms with Gasteiger partial charge in [0.2, 0.25) is 0 Å². The van der Waals surface area contributed by atoms with E-state index in [0.29, 0.717) is 5.69 Å². The lowest BCUT2D eigenvalue weighted by atomic mass is 10.1. The maximum atomic E-state index is 12.1. The third-order valence-electron chi connectivity index (χ3n) is 3.84. The van der Waals surface area contributed by atoms with Gasteiger partial charge >= 0.3 is 0 Å². The molecule has 5 heteroatoms. The van der Waals surface area contributed by atoms with Gasteiger partial charge in [-0.25, -0.2) is 0 Å². The smallest absolute Gasteiger partial charge is 0.276 e. The molecule has 1 aromatic heterocycles. The zero-order valence-electron chi connectivity index (χ0n) is 12.4. The van der Waals surface area contributed by atoms with Gasteiger partial charge in [0, 0.05) is 30.2 Å². The van der Waals surface area contributed by atoms with Gasteiger partial charge in [0.05, 0.1) is 0 Å². The van der Waals surface area contributed by atoms with Crippen LogP contribution in [-0.4, -0.2) is 29.2 Å². The van der Waals surface area contributed by atoms with Crippen molar-refractivity contribution in [3.05, 3.63) is 41.2 Å². The Hall–Kier alpha value is -2.30. The normalized spacial score (nSPS) is 14.5. The quantitative estimate of drug-likeness (QED) is 0.911. The average molecular weight is 284 g/mol. The van der Waals surface area contributed by atoms with Crippen molar-refractivity contribution in [3.63, 3.8) is 0 Å². The van der Waals surface area contributed by atoms with Crippen molar-refractivity contribution in [1.29, 1.82) is 0 Å². The summed E-state index contributed by atoms with van der Waals surface area (Å²) in [6.07, 6.45) is 2.52. The van der Waals surface area contributed by atoms with Gasteiger partial charge in [0.1, 0.15) is 0 Å². The predicted octanol–water partition coefficient (Wildman–Crippen LogP) is 2.88. The molecule has 110 valence electrons. The Morgan fingerprint density at radius 3 is 2.62 bits per heavy atom. The third kappa shape index (κ3) is 2.91. The summed E-state index contributed by atoms with van der Waals surface area (Å²) in [7, 11) is 0. The number of hydrogen-bond donors (Lipinski definition) is 2. The van der Waals surface area contributed by atoms with Crippen LogP contribution in [0, 0.1) is 13.8 Å². The Balaban J connectivity index is 1.74. The van der Waals surface area contributed by atoms with E-state index in [1.807, 2.05) is 19.1 Å². The van der Waals surface area contributed by atoms with Crippen LogP contribution >= 0.6 is 0 Å². The minimum Gasteiger partial charge on any atom is -0.371 e. The number of aryl methyl sites for hydroxylation is 2. The number of nitrogens with zero attached hydrogens (tertiary/aromatic N) is 2. The molecule has 0 bridgehead atoms. The number of amides is 1. The van der Waals surface area contributed by atoms with Crippen LogP contribution in [0.25, 0.3) is 0 Å². The van der Waals surface area contributed by atoms with Crippen molar-refractivity contribution in [2.45, 2.75) is 26.7 Å². The molecule has 0 aliphatic carbocycles. The van der Waals surface area contributed by atoms with Gasteiger partial charge in [0.15, 0.2) is 5.69 Å². The Kier molecular flexibility index (Phi) is 3.64. The van der Waals surface area contributed by atoms with E-state index in [9.17, 15) is 4.79 Å². The molecule has 0 radical (unpaired) electrons. The number of carbonyl (C=O) groups excluding carboxylic acids is 1. The summed E-state index contributed by atoms with van der Waals surface area (Å²) in [5.41, 5.74) is 4.55. The summed E-state index contributed by atoms with van der Waals surface area (Å²) in [6.45, 7) is 6.21. The molecular weight excluding hydrogens is 264 g/mol. The minimum absolute atomic E-state index is 0.187. The van der Waals surface area contributed by atoms with Crippen LogP contribution in [0.1, 0.15) is 34.6 Å². The van der Waals surface area contributed by atoms with Crippen LogP contribution in [0.5, 0.6) is 0 Å². The zero-order valence-corrected chi connectivity index (χ0v) is 12.4. The van der Waals surface area contributed by atoms with Crippen LogP contribution in [0.4, 0.5) is 11.4 Å². The monoisotopic (exact) mass is 284 g/mol. The molecule has 1 amide bonds. The van der Waals surface area contributed by atoms with Gasteiger partial charge in [-0.05, 0) is 56.5 Å². The fourth-order valence-electron chi connectivity index (χ4n) is 2.78. The standard InChI is InChI=1S/C16H20N4O/c1-11-9-13(5-6-15(11)20-7-3-4-8-20)17-16(21)14-10-12(2)18-19-14/h5-6,9-10H,3-4,7-8H2,1-2H3,(H,17,21)(H,18,19). The first-order valence-electron chi connectivity index (χ1n) is 7.32. The lowest BCUT2D eigenvalue weighted by Crippen LogP contribution is -2.19. The SMILES string of the molecule is Cc1cc(C(=O)Nc2ccc(N3CCCC3)c(C)c2)n[nH]1. The van der Waals surface area contributed by atoms with E-state index >= 15 is 0 Å². The molecule has 0 saturated carbocycles. The van der Waals surface area contributed by atoms with Gasteiger partial charge in [-0.15, -0.1) is 0 Å². The van der Waals surface area contributed by atoms with E-state index in [1.165, 1.54) is 24.1 Å². The van der Waals surface area contributed by atoms with Gasteiger partial charge < -0.3 is 10.2 Å². The van der Waals surface area contributed by atoms with Crippen LogP contribution in [0.2, 0.25) is 0 Å². The Bertz CT molecular complexity index is 656. The summed E-state index contributed by atoms with van der Waals surface area (Å²) in [4.78, 5) is 14.5. The number of nitrogens with one attached hydrogen (secondary N) is 2. The highest BCUT2D eigenvalue weighted by atomic mass is 16.1. The summed E-state index contributed by atoms with van der Waals surface area (Å²) < 4.78 is 0. The molecule has 5 nitrogen and oxygen atoms in total. The van der Waals surface area contributed by atoms with E-state index < -0.39 is 0 Å². The molecule has 2 N–H and O–H groups in total. The molecule has 0 atom stereocenters. The van der Waals surface area contributed by atoms with E-state index in [-0.39, 0.29) is 5.91 Å². The van der Waals surface area contributed by atoms with Crippen LogP contribution in [0.15, 0.2) is 24.3 Å². The average Bonchev–Trinajstić information content (AvgIpc) is 3.10. The fraction of sp³-hybridized carbons (Fsp3) is 0.375. The topological polar surface area (TPSA) is 61.0 Å². The highest BCUT2D eigenvalue weighted by molar-refractivity contribution is 6.03. The molecule has 0 unspecified atom stereocenters. The first-order valence-corrected chi connectivity index (χ1v) is 7.32. The molecular formula is C16H20N4O. The van der Waals surface area contributed by atoms with Crippen molar-refractivity contribution < 1.29 is 4.79 Å². The highest BCUT2D eigenvalue weighted by Crippen LogP contribution is 2.26. The molecule has 1 aromatic carbocycles. The van der Waals surface area contributed by atoms with Gasteiger partial charge in [-0.1, -0.05) is 0 Å². The number of anilines is 2. The Morgan fingerprint density at radius 1 is 1.24 bits per heavy atom. The second-order valence-corrected chi connectivity index (χ2v) is 5.59. The maximum absolute atomic E-state index is 12.1. The molecule has 2 aromatic rings. The van der Waals surface area contributed by atoms with Crippen molar-refractivity contribution in [3.8, 4) is 0 Å². The number of rotatable bonds is 3. The third-order valence-corrected chi connectivity index (χ3v) is 3.84. The van der Waals surface area contributed by atoms with E-state index in [1.54, 1.807) is 6.07 Å². The minimum atomic E-state index is -0.187. The number of carbonyl (C=O) groups is 1. The first-order chi connectivity index (χ1) is 10.1. The van der Waals surface area contributed by atoms with Gasteiger partial charge in [-0.3, -0.25) is 9.89 Å². The first kappa shape index (κ1) is 13.7. The highest BCUT2D eigenvalue weighted by Gasteiger charge is 2.15. The lowest BCUT2D eigenvalue weighted by molar-refractivity contribution is 0.102. The number of aromatic nitrogens is 2. The molecule has 2 heterocycles. The van der Waals surface area contributed by atoms with Gasteiger partial charge in [-0.2, -0.15) is 5.10 Å². The Morgan fingerprint density at radius 2 is 2.00 bits per heavy atom. The van der Waals surface area contributed by atoms with Crippen LogP contribution < -0.4 is 10.2 Å². The molecule has 3 rings (SSSR count). The second kappa shape index (κ2) is 5.60. The zero-order chi connectivity index (χ0) is 14.8. The molecule has 1 aliphatic heterocycles. The molecule has 0 spiro atoms. The van der Waals surface area contributed by atoms with Crippen LogP contribution in [-0.2, 0) is 0 Å². The number of benzene rings is 1. The number of hydrogen-bond acceptors (Lipinski definition) is 3. The summed E-state index contributed by atoms with van der Waals surface area (Å²) >= 11 is 0. The molecule has 1 aliphatic rings. The van der Waals surface area contributed by atoms with E-state index in [2.05, 4.69) is 33.4 Å². The molecule has 1 saturated heterocycles. The number of aromatic amines is 1. The largest absolute Gasteiger partial charge is 0.371 e. The molecule has 21 heavy (non-hydrogen) atoms. The van der Waals surface area contributed by atoms with Gasteiger partial charge in [0.25, 0.3) is 5.91 Å². The van der Waals surface area contributed by atoms with Crippen LogP contribution in [0.3, 0.4) is 0 Å². The summed E-state index contributed by atoms with van der Waals surface area (Å²) in [6, 6.07) is 7.80. The molecule has 1 fully saturated rings. The van der Waals surface area contributed by atoms with Crippen molar-refractivity contribution in [2.75, 3.05) is 23.3 Å². The predicted molar refractivity (Wildman–Crippen MR) is 83.9 cm³/mol. The second-order valence-electron chi connectivity index (χ2n) is 5.59. The lowest BCUT2D eigenvalue weighted by Gasteiger charge is -2.20. The number of H-pyrrole nitrogens is 1. The summed E-state index contributed by atoms with van der Waals surface area (Å²) in [5.74, 6) is -0.187. The van der Waals surface area contributed by atoms with Crippen molar-refractivity contribution in [1.82, 2.24) is 10.2 Å². The summed E-state index contributed by atoms with van der Waals surface area (Å²) in [5, 5.41) is 9.64. The fourth-order valence-corrected chi connectivity index (χ4v) is 2.78. The Labute approximate surface area is 124 Å².